The first-order chi connectivity index (χ1) is 7.66. The van der Waals surface area contributed by atoms with Crippen LogP contribution in [-0.4, -0.2) is 17.6 Å². The van der Waals surface area contributed by atoms with E-state index in [1.807, 2.05) is 0 Å². The number of benzene rings is 1. The third kappa shape index (κ3) is 1.74. The lowest BCUT2D eigenvalue weighted by atomic mass is 9.87. The summed E-state index contributed by atoms with van der Waals surface area (Å²) in [6, 6.07) is 8.80. The maximum atomic E-state index is 3.69. The lowest BCUT2D eigenvalue weighted by Crippen LogP contribution is -2.38. The second kappa shape index (κ2) is 3.72. The number of anilines is 1. The molecule has 1 fully saturated rings. The molecule has 2 nitrogen and oxygen atoms in total. The smallest absolute Gasteiger partial charge is 0.0512 e. The fourth-order valence-corrected chi connectivity index (χ4v) is 4.48. The highest BCUT2D eigenvalue weighted by Crippen LogP contribution is 2.47. The minimum Gasteiger partial charge on any atom is -0.378 e. The molecule has 16 heavy (non-hydrogen) atoms. The van der Waals surface area contributed by atoms with E-state index >= 15 is 0 Å². The van der Waals surface area contributed by atoms with E-state index in [1.165, 1.54) is 17.7 Å². The normalized spacial score (nSPS) is 32.6. The van der Waals surface area contributed by atoms with Crippen LogP contribution in [-0.2, 0) is 0 Å². The molecule has 0 saturated carbocycles. The molecule has 2 aliphatic heterocycles. The van der Waals surface area contributed by atoms with Gasteiger partial charge in [-0.15, -0.1) is 0 Å². The van der Waals surface area contributed by atoms with Gasteiger partial charge in [-0.3, -0.25) is 0 Å². The van der Waals surface area contributed by atoms with Crippen LogP contribution in [0, 0.1) is 0 Å². The summed E-state index contributed by atoms with van der Waals surface area (Å²) < 4.78 is 0. The zero-order valence-electron chi connectivity index (χ0n) is 9.88. The molecule has 0 radical (unpaired) electrons. The second-order valence-electron chi connectivity index (χ2n) is 5.46. The minimum absolute atomic E-state index is 0.269. The summed E-state index contributed by atoms with van der Waals surface area (Å²) >= 11 is 0. The Hall–Kier alpha value is -0.590. The monoisotopic (exact) mass is 234 g/mol. The average Bonchev–Trinajstić information content (AvgIpc) is 2.48. The second-order valence-corrected chi connectivity index (χ2v) is 6.85. The van der Waals surface area contributed by atoms with E-state index in [-0.39, 0.29) is 5.54 Å². The molecule has 2 aliphatic rings. The highest BCUT2D eigenvalue weighted by molar-refractivity contribution is 7.39. The van der Waals surface area contributed by atoms with Gasteiger partial charge in [0.05, 0.1) is 5.78 Å². The van der Waals surface area contributed by atoms with E-state index in [1.54, 1.807) is 0 Å². The number of rotatable bonds is 0. The summed E-state index contributed by atoms with van der Waals surface area (Å²) in [4.78, 5) is 0. The first kappa shape index (κ1) is 10.6. The van der Waals surface area contributed by atoms with Gasteiger partial charge in [0, 0.05) is 23.4 Å². The molecule has 0 amide bonds. The van der Waals surface area contributed by atoms with Crippen molar-refractivity contribution in [3.8, 4) is 0 Å². The van der Waals surface area contributed by atoms with E-state index in [0.717, 1.165) is 14.9 Å². The van der Waals surface area contributed by atoms with Gasteiger partial charge in [-0.1, -0.05) is 26.8 Å². The van der Waals surface area contributed by atoms with Crippen molar-refractivity contribution in [2.45, 2.75) is 37.5 Å². The fraction of sp³-hybridized carbons (Fsp3) is 0.538. The Morgan fingerprint density at radius 1 is 1.31 bits per heavy atom. The van der Waals surface area contributed by atoms with Gasteiger partial charge < -0.3 is 10.6 Å². The van der Waals surface area contributed by atoms with Gasteiger partial charge in [0.1, 0.15) is 0 Å². The Labute approximate surface area is 99.0 Å². The van der Waals surface area contributed by atoms with Gasteiger partial charge in [0.15, 0.2) is 0 Å². The third-order valence-electron chi connectivity index (χ3n) is 3.69. The number of para-hydroxylation sites is 1. The summed E-state index contributed by atoms with van der Waals surface area (Å²) in [6.07, 6.45) is 2.38. The van der Waals surface area contributed by atoms with E-state index in [2.05, 4.69) is 48.7 Å². The molecular weight excluding hydrogens is 215 g/mol. The predicted molar refractivity (Wildman–Crippen MR) is 71.6 cm³/mol. The molecule has 0 bridgehead atoms. The molecule has 0 spiro atoms. The van der Waals surface area contributed by atoms with Crippen molar-refractivity contribution in [1.29, 1.82) is 0 Å². The maximum absolute atomic E-state index is 3.69. The van der Waals surface area contributed by atoms with Crippen LogP contribution in [0.25, 0.3) is 0 Å². The van der Waals surface area contributed by atoms with Gasteiger partial charge in [-0.05, 0) is 31.9 Å². The molecular formula is C13H19N2P. The average molecular weight is 234 g/mol. The molecule has 2 N–H and O–H groups in total. The molecule has 1 aromatic carbocycles. The zero-order valence-corrected chi connectivity index (χ0v) is 10.9. The molecule has 1 unspecified atom stereocenters. The number of hydrogen-bond donors (Lipinski definition) is 2. The zero-order chi connectivity index (χ0) is 11.2. The SMILES string of the molecule is CC1(C)C[C@H]2c3ccccc3N[C@H]2PCN1. The molecule has 1 saturated heterocycles. The van der Waals surface area contributed by atoms with Crippen LogP contribution in [0.4, 0.5) is 5.69 Å². The van der Waals surface area contributed by atoms with E-state index in [0.29, 0.717) is 11.7 Å². The van der Waals surface area contributed by atoms with Crippen molar-refractivity contribution in [1.82, 2.24) is 5.32 Å². The quantitative estimate of drug-likeness (QED) is 0.674. The highest BCUT2D eigenvalue weighted by Gasteiger charge is 2.37. The van der Waals surface area contributed by atoms with E-state index < -0.39 is 0 Å². The van der Waals surface area contributed by atoms with Crippen LogP contribution >= 0.6 is 8.58 Å². The van der Waals surface area contributed by atoms with Crippen LogP contribution < -0.4 is 10.6 Å². The summed E-state index contributed by atoms with van der Waals surface area (Å²) in [6.45, 7) is 4.64. The van der Waals surface area contributed by atoms with Crippen molar-refractivity contribution in [2.24, 2.45) is 0 Å². The standard InChI is InChI=1S/C13H19N2P/c1-13(2)7-10-9-5-3-4-6-11(9)15-12(10)16-8-14-13/h3-6,10,12,14-16H,7-8H2,1-2H3/t10-,12-/m0/s1. The Morgan fingerprint density at radius 3 is 3.00 bits per heavy atom. The Morgan fingerprint density at radius 2 is 2.12 bits per heavy atom. The van der Waals surface area contributed by atoms with Gasteiger partial charge in [0.2, 0.25) is 0 Å². The van der Waals surface area contributed by atoms with Crippen molar-refractivity contribution < 1.29 is 0 Å². The molecule has 0 aromatic heterocycles. The van der Waals surface area contributed by atoms with Crippen molar-refractivity contribution in [2.75, 3.05) is 11.6 Å². The van der Waals surface area contributed by atoms with Gasteiger partial charge >= 0.3 is 0 Å². The molecule has 86 valence electrons. The summed E-state index contributed by atoms with van der Waals surface area (Å²) in [7, 11) is 0.970. The predicted octanol–water partition coefficient (Wildman–Crippen LogP) is 2.93. The van der Waals surface area contributed by atoms with Crippen molar-refractivity contribution in [3.63, 3.8) is 0 Å². The third-order valence-corrected chi connectivity index (χ3v) is 5.06. The topological polar surface area (TPSA) is 24.1 Å². The Balaban J connectivity index is 1.96. The lowest BCUT2D eigenvalue weighted by molar-refractivity contribution is 0.366. The number of nitrogens with one attached hydrogen (secondary N) is 2. The summed E-state index contributed by atoms with van der Waals surface area (Å²) in [5.41, 5.74) is 3.16. The van der Waals surface area contributed by atoms with Crippen LogP contribution in [0.5, 0.6) is 0 Å². The van der Waals surface area contributed by atoms with Crippen molar-refractivity contribution >= 4 is 14.3 Å². The maximum Gasteiger partial charge on any atom is 0.0512 e. The molecule has 1 aromatic rings. The Kier molecular flexibility index (Phi) is 2.45. The Bertz CT molecular complexity index is 403. The van der Waals surface area contributed by atoms with E-state index in [4.69, 9.17) is 0 Å². The largest absolute Gasteiger partial charge is 0.378 e. The number of fused-ring (bicyclic) bond motifs is 3. The molecule has 0 aliphatic carbocycles. The molecule has 3 atom stereocenters. The van der Waals surface area contributed by atoms with Crippen LogP contribution in [0.3, 0.4) is 0 Å². The lowest BCUT2D eigenvalue weighted by Gasteiger charge is -2.27. The van der Waals surface area contributed by atoms with Gasteiger partial charge in [-0.25, -0.2) is 0 Å². The molecule has 3 heteroatoms. The van der Waals surface area contributed by atoms with Crippen LogP contribution in [0.1, 0.15) is 31.7 Å². The van der Waals surface area contributed by atoms with Crippen molar-refractivity contribution in [3.05, 3.63) is 29.8 Å². The van der Waals surface area contributed by atoms with Gasteiger partial charge in [0.25, 0.3) is 0 Å². The summed E-state index contributed by atoms with van der Waals surface area (Å²) in [5, 5.41) is 7.34. The molecule has 3 rings (SSSR count). The first-order valence-corrected chi connectivity index (χ1v) is 7.28. The van der Waals surface area contributed by atoms with Crippen LogP contribution in [0.15, 0.2) is 24.3 Å². The van der Waals surface area contributed by atoms with Gasteiger partial charge in [-0.2, -0.15) is 0 Å². The van der Waals surface area contributed by atoms with E-state index in [9.17, 15) is 0 Å². The van der Waals surface area contributed by atoms with Crippen LogP contribution in [0.2, 0.25) is 0 Å². The summed E-state index contributed by atoms with van der Waals surface area (Å²) in [5.74, 6) is 1.35. The fourth-order valence-electron chi connectivity index (χ4n) is 2.84. The minimum atomic E-state index is 0.269. The number of hydrogen-bond acceptors (Lipinski definition) is 2. The first-order valence-electron chi connectivity index (χ1n) is 6.00. The highest BCUT2D eigenvalue weighted by atomic mass is 31.1. The molecule has 2 heterocycles.